The Morgan fingerprint density at radius 2 is 1.73 bits per heavy atom. The fourth-order valence-corrected chi connectivity index (χ4v) is 2.74. The van der Waals surface area contributed by atoms with E-state index in [-0.39, 0.29) is 5.91 Å². The normalized spacial score (nSPS) is 10.6. The summed E-state index contributed by atoms with van der Waals surface area (Å²) in [6.07, 6.45) is 1.16. The highest BCUT2D eigenvalue weighted by atomic mass is 35.5. The molecule has 0 aliphatic heterocycles. The van der Waals surface area contributed by atoms with E-state index in [0.29, 0.717) is 17.9 Å². The SMILES string of the molecule is O=C(CCc1cccc2ccccc12)Nc1cccc(Cl)c1. The van der Waals surface area contributed by atoms with Crippen molar-refractivity contribution in [2.75, 3.05) is 5.32 Å². The smallest absolute Gasteiger partial charge is 0.224 e. The van der Waals surface area contributed by atoms with Gasteiger partial charge < -0.3 is 5.32 Å². The summed E-state index contributed by atoms with van der Waals surface area (Å²) < 4.78 is 0. The molecule has 0 saturated carbocycles. The molecule has 0 aromatic heterocycles. The Hall–Kier alpha value is -2.32. The van der Waals surface area contributed by atoms with Gasteiger partial charge in [-0.15, -0.1) is 0 Å². The van der Waals surface area contributed by atoms with Crippen LogP contribution in [0.4, 0.5) is 5.69 Å². The number of benzene rings is 3. The van der Waals surface area contributed by atoms with Crippen molar-refractivity contribution in [2.24, 2.45) is 0 Å². The first kappa shape index (κ1) is 14.6. The fraction of sp³-hybridized carbons (Fsp3) is 0.105. The zero-order valence-electron chi connectivity index (χ0n) is 12.1. The van der Waals surface area contributed by atoms with Crippen LogP contribution in [0.25, 0.3) is 10.8 Å². The molecular weight excluding hydrogens is 294 g/mol. The molecule has 3 heteroatoms. The van der Waals surface area contributed by atoms with Gasteiger partial charge in [0.25, 0.3) is 0 Å². The van der Waals surface area contributed by atoms with Gasteiger partial charge in [-0.2, -0.15) is 0 Å². The first-order chi connectivity index (χ1) is 10.7. The molecule has 0 atom stereocenters. The molecule has 1 N–H and O–H groups in total. The van der Waals surface area contributed by atoms with Gasteiger partial charge in [0.1, 0.15) is 0 Å². The standard InChI is InChI=1S/C19H16ClNO/c20-16-8-4-9-17(13-16)21-19(22)12-11-15-7-3-6-14-5-1-2-10-18(14)15/h1-10,13H,11-12H2,(H,21,22). The Bertz CT molecular complexity index is 808. The van der Waals surface area contributed by atoms with E-state index in [4.69, 9.17) is 11.6 Å². The maximum atomic E-state index is 12.1. The van der Waals surface area contributed by atoms with E-state index in [1.54, 1.807) is 12.1 Å². The van der Waals surface area contributed by atoms with Gasteiger partial charge in [-0.25, -0.2) is 0 Å². The molecule has 3 rings (SSSR count). The van der Waals surface area contributed by atoms with E-state index in [2.05, 4.69) is 29.6 Å². The quantitative estimate of drug-likeness (QED) is 0.716. The maximum Gasteiger partial charge on any atom is 0.224 e. The third-order valence-corrected chi connectivity index (χ3v) is 3.84. The third-order valence-electron chi connectivity index (χ3n) is 3.61. The van der Waals surface area contributed by atoms with Crippen molar-refractivity contribution in [1.82, 2.24) is 0 Å². The molecular formula is C19H16ClNO. The summed E-state index contributed by atoms with van der Waals surface area (Å²) in [4.78, 5) is 12.1. The second-order valence-electron chi connectivity index (χ2n) is 5.20. The molecule has 0 heterocycles. The summed E-state index contributed by atoms with van der Waals surface area (Å²) in [7, 11) is 0. The molecule has 0 unspecified atom stereocenters. The van der Waals surface area contributed by atoms with Crippen LogP contribution in [0.5, 0.6) is 0 Å². The van der Waals surface area contributed by atoms with Crippen LogP contribution in [-0.4, -0.2) is 5.91 Å². The highest BCUT2D eigenvalue weighted by Crippen LogP contribution is 2.20. The van der Waals surface area contributed by atoms with E-state index in [9.17, 15) is 4.79 Å². The molecule has 110 valence electrons. The lowest BCUT2D eigenvalue weighted by Crippen LogP contribution is -2.12. The predicted molar refractivity (Wildman–Crippen MR) is 92.4 cm³/mol. The first-order valence-corrected chi connectivity index (χ1v) is 7.62. The number of halogens is 1. The van der Waals surface area contributed by atoms with Gasteiger partial charge in [-0.1, -0.05) is 60.1 Å². The largest absolute Gasteiger partial charge is 0.326 e. The lowest BCUT2D eigenvalue weighted by atomic mass is 10.0. The van der Waals surface area contributed by atoms with Crippen LogP contribution in [0, 0.1) is 0 Å². The summed E-state index contributed by atoms with van der Waals surface area (Å²) in [5.41, 5.74) is 1.93. The highest BCUT2D eigenvalue weighted by Gasteiger charge is 2.06. The number of anilines is 1. The van der Waals surface area contributed by atoms with Gasteiger partial charge in [0.15, 0.2) is 0 Å². The number of carbonyl (C=O) groups excluding carboxylic acids is 1. The van der Waals surface area contributed by atoms with Gasteiger partial charge >= 0.3 is 0 Å². The number of aryl methyl sites for hydroxylation is 1. The average Bonchev–Trinajstić information content (AvgIpc) is 2.53. The fourth-order valence-electron chi connectivity index (χ4n) is 2.55. The summed E-state index contributed by atoms with van der Waals surface area (Å²) in [6, 6.07) is 21.6. The molecule has 3 aromatic rings. The molecule has 0 saturated heterocycles. The molecule has 2 nitrogen and oxygen atoms in total. The van der Waals surface area contributed by atoms with Crippen LogP contribution in [-0.2, 0) is 11.2 Å². The minimum atomic E-state index is -0.00444. The average molecular weight is 310 g/mol. The molecule has 0 spiro atoms. The van der Waals surface area contributed by atoms with Gasteiger partial charge in [-0.05, 0) is 41.0 Å². The minimum absolute atomic E-state index is 0.00444. The number of amides is 1. The van der Waals surface area contributed by atoms with E-state index in [1.165, 1.54) is 16.3 Å². The lowest BCUT2D eigenvalue weighted by molar-refractivity contribution is -0.116. The Morgan fingerprint density at radius 1 is 0.955 bits per heavy atom. The molecule has 3 aromatic carbocycles. The van der Waals surface area contributed by atoms with Crippen LogP contribution in [0.1, 0.15) is 12.0 Å². The highest BCUT2D eigenvalue weighted by molar-refractivity contribution is 6.30. The first-order valence-electron chi connectivity index (χ1n) is 7.24. The van der Waals surface area contributed by atoms with Crippen molar-refractivity contribution in [1.29, 1.82) is 0 Å². The topological polar surface area (TPSA) is 29.1 Å². The number of carbonyl (C=O) groups is 1. The van der Waals surface area contributed by atoms with E-state index >= 15 is 0 Å². The second kappa shape index (κ2) is 6.63. The van der Waals surface area contributed by atoms with E-state index in [0.717, 1.165) is 5.69 Å². The maximum absolute atomic E-state index is 12.1. The van der Waals surface area contributed by atoms with Crippen molar-refractivity contribution in [3.63, 3.8) is 0 Å². The molecule has 0 aliphatic carbocycles. The summed E-state index contributed by atoms with van der Waals surface area (Å²) in [6.45, 7) is 0. The minimum Gasteiger partial charge on any atom is -0.326 e. The summed E-state index contributed by atoms with van der Waals surface area (Å²) >= 11 is 5.92. The van der Waals surface area contributed by atoms with E-state index in [1.807, 2.05) is 30.3 Å². The number of nitrogens with one attached hydrogen (secondary N) is 1. The number of hydrogen-bond donors (Lipinski definition) is 1. The zero-order chi connectivity index (χ0) is 15.4. The Kier molecular flexibility index (Phi) is 4.40. The van der Waals surface area contributed by atoms with Gasteiger partial charge in [0.05, 0.1) is 0 Å². The molecule has 0 fully saturated rings. The van der Waals surface area contributed by atoms with Crippen LogP contribution in [0.15, 0.2) is 66.7 Å². The van der Waals surface area contributed by atoms with Gasteiger partial charge in [0.2, 0.25) is 5.91 Å². The molecule has 0 radical (unpaired) electrons. The molecule has 0 aliphatic rings. The third kappa shape index (κ3) is 3.46. The zero-order valence-corrected chi connectivity index (χ0v) is 12.8. The van der Waals surface area contributed by atoms with Crippen LogP contribution in [0.3, 0.4) is 0 Å². The predicted octanol–water partition coefficient (Wildman–Crippen LogP) is 5.06. The summed E-state index contributed by atoms with van der Waals surface area (Å²) in [5, 5.41) is 5.91. The number of fused-ring (bicyclic) bond motifs is 1. The number of rotatable bonds is 4. The van der Waals surface area contributed by atoms with Crippen molar-refractivity contribution >= 4 is 34.0 Å². The van der Waals surface area contributed by atoms with Gasteiger partial charge in [-0.3, -0.25) is 4.79 Å². The Balaban J connectivity index is 1.68. The monoisotopic (exact) mass is 309 g/mol. The van der Waals surface area contributed by atoms with Crippen LogP contribution in [0.2, 0.25) is 5.02 Å². The molecule has 1 amide bonds. The van der Waals surface area contributed by atoms with Crippen molar-refractivity contribution < 1.29 is 4.79 Å². The Labute approximate surface area is 134 Å². The van der Waals surface area contributed by atoms with Crippen molar-refractivity contribution in [3.8, 4) is 0 Å². The van der Waals surface area contributed by atoms with Crippen molar-refractivity contribution in [3.05, 3.63) is 77.3 Å². The van der Waals surface area contributed by atoms with Gasteiger partial charge in [0, 0.05) is 17.1 Å². The summed E-state index contributed by atoms with van der Waals surface area (Å²) in [5.74, 6) is -0.00444. The molecule has 0 bridgehead atoms. The Morgan fingerprint density at radius 3 is 2.59 bits per heavy atom. The van der Waals surface area contributed by atoms with Crippen LogP contribution < -0.4 is 5.32 Å². The van der Waals surface area contributed by atoms with Crippen molar-refractivity contribution in [2.45, 2.75) is 12.8 Å². The number of hydrogen-bond acceptors (Lipinski definition) is 1. The lowest BCUT2D eigenvalue weighted by Gasteiger charge is -2.08. The van der Waals surface area contributed by atoms with E-state index < -0.39 is 0 Å². The van der Waals surface area contributed by atoms with Crippen LogP contribution >= 0.6 is 11.6 Å². The second-order valence-corrected chi connectivity index (χ2v) is 5.63. The molecule has 22 heavy (non-hydrogen) atoms.